The lowest BCUT2D eigenvalue weighted by atomic mass is 10.1. The standard InChI is InChI=1S/C21H29N3O6S/c1-21(2,3)30-18(25)13-23(11-10-22(4)5)19(26)14-6-9-16-17(12-14)31(28,29)24(20(16)27)15-7-8-15/h6,9,12,15H,7-8,10-11,13H2,1-5H3. The van der Waals surface area contributed by atoms with Crippen molar-refractivity contribution in [3.05, 3.63) is 29.3 Å². The van der Waals surface area contributed by atoms with Gasteiger partial charge in [0.05, 0.1) is 5.56 Å². The molecule has 0 saturated heterocycles. The number of esters is 1. The van der Waals surface area contributed by atoms with Crippen molar-refractivity contribution in [3.63, 3.8) is 0 Å². The molecule has 1 aliphatic carbocycles. The molecule has 9 nitrogen and oxygen atoms in total. The molecule has 2 amide bonds. The van der Waals surface area contributed by atoms with E-state index >= 15 is 0 Å². The first-order valence-electron chi connectivity index (χ1n) is 10.2. The van der Waals surface area contributed by atoms with Gasteiger partial charge < -0.3 is 14.5 Å². The van der Waals surface area contributed by atoms with Gasteiger partial charge in [-0.25, -0.2) is 12.7 Å². The van der Waals surface area contributed by atoms with Crippen LogP contribution in [0.15, 0.2) is 23.1 Å². The molecular weight excluding hydrogens is 422 g/mol. The Morgan fingerprint density at radius 1 is 1.16 bits per heavy atom. The SMILES string of the molecule is CN(C)CCN(CC(=O)OC(C)(C)C)C(=O)c1ccc2c(c1)S(=O)(=O)N(C1CC1)C2=O. The van der Waals surface area contributed by atoms with Gasteiger partial charge in [0.1, 0.15) is 17.0 Å². The topological polar surface area (TPSA) is 104 Å². The van der Waals surface area contributed by atoms with Crippen molar-refractivity contribution in [2.75, 3.05) is 33.7 Å². The highest BCUT2D eigenvalue weighted by atomic mass is 32.2. The Bertz CT molecular complexity index is 1010. The van der Waals surface area contributed by atoms with Gasteiger partial charge >= 0.3 is 5.97 Å². The zero-order valence-electron chi connectivity index (χ0n) is 18.5. The average Bonchev–Trinajstić information content (AvgIpc) is 3.44. The first-order chi connectivity index (χ1) is 14.3. The van der Waals surface area contributed by atoms with E-state index in [9.17, 15) is 22.8 Å². The van der Waals surface area contributed by atoms with Gasteiger partial charge in [-0.15, -0.1) is 0 Å². The fourth-order valence-corrected chi connectivity index (χ4v) is 5.18. The molecule has 1 saturated carbocycles. The van der Waals surface area contributed by atoms with Crippen LogP contribution >= 0.6 is 0 Å². The van der Waals surface area contributed by atoms with E-state index < -0.39 is 33.4 Å². The lowest BCUT2D eigenvalue weighted by Gasteiger charge is -2.26. The highest BCUT2D eigenvalue weighted by Crippen LogP contribution is 2.39. The van der Waals surface area contributed by atoms with Crippen LogP contribution in [-0.2, 0) is 19.6 Å². The van der Waals surface area contributed by atoms with Gasteiger partial charge in [0.2, 0.25) is 0 Å². The van der Waals surface area contributed by atoms with Crippen LogP contribution in [0.2, 0.25) is 0 Å². The van der Waals surface area contributed by atoms with Gasteiger partial charge in [0, 0.05) is 24.7 Å². The van der Waals surface area contributed by atoms with Crippen LogP contribution in [-0.4, -0.2) is 85.7 Å². The predicted molar refractivity (Wildman–Crippen MR) is 113 cm³/mol. The molecule has 1 aromatic carbocycles. The van der Waals surface area contributed by atoms with E-state index in [0.717, 1.165) is 4.31 Å². The molecule has 0 radical (unpaired) electrons. The second-order valence-electron chi connectivity index (χ2n) is 9.16. The lowest BCUT2D eigenvalue weighted by Crippen LogP contribution is -2.42. The average molecular weight is 452 g/mol. The third-order valence-electron chi connectivity index (χ3n) is 4.92. The Morgan fingerprint density at radius 3 is 2.35 bits per heavy atom. The molecule has 0 atom stereocenters. The monoisotopic (exact) mass is 451 g/mol. The smallest absolute Gasteiger partial charge is 0.326 e. The molecule has 31 heavy (non-hydrogen) atoms. The molecule has 170 valence electrons. The Balaban J connectivity index is 1.87. The summed E-state index contributed by atoms with van der Waals surface area (Å²) in [5.74, 6) is -1.60. The van der Waals surface area contributed by atoms with Crippen LogP contribution in [0.1, 0.15) is 54.3 Å². The number of benzene rings is 1. The number of carbonyl (C=O) groups excluding carboxylic acids is 3. The summed E-state index contributed by atoms with van der Waals surface area (Å²) in [4.78, 5) is 41.1. The van der Waals surface area contributed by atoms with Crippen LogP contribution in [0.4, 0.5) is 0 Å². The van der Waals surface area contributed by atoms with Crippen LogP contribution < -0.4 is 0 Å². The summed E-state index contributed by atoms with van der Waals surface area (Å²) < 4.78 is 32.0. The molecule has 1 aromatic rings. The molecule has 2 aliphatic rings. The van der Waals surface area contributed by atoms with Crippen molar-refractivity contribution >= 4 is 27.8 Å². The summed E-state index contributed by atoms with van der Waals surface area (Å²) in [6.45, 7) is 5.72. The van der Waals surface area contributed by atoms with E-state index in [0.29, 0.717) is 19.4 Å². The number of ether oxygens (including phenoxy) is 1. The number of hydrogen-bond acceptors (Lipinski definition) is 7. The number of sulfonamides is 1. The molecule has 0 spiro atoms. The van der Waals surface area contributed by atoms with E-state index in [2.05, 4.69) is 0 Å². The van der Waals surface area contributed by atoms with Gasteiger partial charge in [-0.05, 0) is 65.9 Å². The Morgan fingerprint density at radius 2 is 1.81 bits per heavy atom. The number of likely N-dealkylation sites (N-methyl/N-ethyl adjacent to an activating group) is 1. The zero-order chi connectivity index (χ0) is 23.1. The first-order valence-corrected chi connectivity index (χ1v) is 11.6. The maximum Gasteiger partial charge on any atom is 0.326 e. The maximum atomic E-state index is 13.2. The number of carbonyl (C=O) groups is 3. The summed E-state index contributed by atoms with van der Waals surface area (Å²) in [6.07, 6.45) is 1.30. The van der Waals surface area contributed by atoms with E-state index in [1.807, 2.05) is 19.0 Å². The second kappa shape index (κ2) is 8.23. The number of rotatable bonds is 7. The number of fused-ring (bicyclic) bond motifs is 1. The summed E-state index contributed by atoms with van der Waals surface area (Å²) in [7, 11) is -0.287. The fraction of sp³-hybridized carbons (Fsp3) is 0.571. The van der Waals surface area contributed by atoms with Crippen molar-refractivity contribution < 1.29 is 27.5 Å². The second-order valence-corrected chi connectivity index (χ2v) is 10.9. The highest BCUT2D eigenvalue weighted by molar-refractivity contribution is 7.90. The van der Waals surface area contributed by atoms with E-state index in [-0.39, 0.29) is 35.2 Å². The molecule has 10 heteroatoms. The largest absolute Gasteiger partial charge is 0.459 e. The van der Waals surface area contributed by atoms with Crippen LogP contribution in [0.25, 0.3) is 0 Å². The van der Waals surface area contributed by atoms with Gasteiger partial charge in [-0.2, -0.15) is 0 Å². The van der Waals surface area contributed by atoms with E-state index in [4.69, 9.17) is 4.74 Å². The molecule has 0 N–H and O–H groups in total. The molecule has 0 aromatic heterocycles. The molecule has 1 aliphatic heterocycles. The Hall–Kier alpha value is -2.46. The third kappa shape index (κ3) is 5.07. The number of amides is 2. The summed E-state index contributed by atoms with van der Waals surface area (Å²) in [5.41, 5.74) is -0.507. The molecule has 1 heterocycles. The van der Waals surface area contributed by atoms with Gasteiger partial charge in [-0.1, -0.05) is 0 Å². The minimum atomic E-state index is -3.97. The predicted octanol–water partition coefficient (Wildman–Crippen LogP) is 1.34. The van der Waals surface area contributed by atoms with E-state index in [1.54, 1.807) is 20.8 Å². The van der Waals surface area contributed by atoms with Crippen molar-refractivity contribution in [1.29, 1.82) is 0 Å². The van der Waals surface area contributed by atoms with Gasteiger partial charge in [0.25, 0.3) is 21.8 Å². The van der Waals surface area contributed by atoms with Gasteiger partial charge in [-0.3, -0.25) is 14.4 Å². The Labute approximate surface area is 183 Å². The molecular formula is C21H29N3O6S. The van der Waals surface area contributed by atoms with Crippen LogP contribution in [0, 0.1) is 0 Å². The van der Waals surface area contributed by atoms with Crippen molar-refractivity contribution in [3.8, 4) is 0 Å². The van der Waals surface area contributed by atoms with E-state index in [1.165, 1.54) is 23.1 Å². The number of hydrogen-bond donors (Lipinski definition) is 0. The van der Waals surface area contributed by atoms with Crippen molar-refractivity contribution in [2.45, 2.75) is 50.2 Å². The molecule has 0 unspecified atom stereocenters. The van der Waals surface area contributed by atoms with Crippen LogP contribution in [0.3, 0.4) is 0 Å². The van der Waals surface area contributed by atoms with Gasteiger partial charge in [0.15, 0.2) is 0 Å². The fourth-order valence-electron chi connectivity index (χ4n) is 3.34. The minimum absolute atomic E-state index is 0.0791. The van der Waals surface area contributed by atoms with Crippen LogP contribution in [0.5, 0.6) is 0 Å². The molecule has 3 rings (SSSR count). The van der Waals surface area contributed by atoms with Crippen molar-refractivity contribution in [2.24, 2.45) is 0 Å². The third-order valence-corrected chi connectivity index (χ3v) is 6.79. The zero-order valence-corrected chi connectivity index (χ0v) is 19.4. The minimum Gasteiger partial charge on any atom is -0.459 e. The summed E-state index contributed by atoms with van der Waals surface area (Å²) in [6, 6.07) is 3.75. The Kier molecular flexibility index (Phi) is 6.16. The maximum absolute atomic E-state index is 13.2. The first kappa shape index (κ1) is 23.2. The van der Waals surface area contributed by atoms with Crippen molar-refractivity contribution in [1.82, 2.24) is 14.1 Å². The lowest BCUT2D eigenvalue weighted by molar-refractivity contribution is -0.155. The summed E-state index contributed by atoms with van der Waals surface area (Å²) in [5, 5.41) is 0. The quantitative estimate of drug-likeness (QED) is 0.576. The molecule has 1 fully saturated rings. The highest BCUT2D eigenvalue weighted by Gasteiger charge is 2.49. The normalized spacial score (nSPS) is 17.6. The number of nitrogens with zero attached hydrogens (tertiary/aromatic N) is 3. The molecule has 0 bridgehead atoms. The summed E-state index contributed by atoms with van der Waals surface area (Å²) >= 11 is 0.